The molecule has 0 radical (unpaired) electrons. The van der Waals surface area contributed by atoms with Crippen LogP contribution in [0.4, 0.5) is 0 Å². The van der Waals surface area contributed by atoms with Crippen LogP contribution in [0.5, 0.6) is 0 Å². The second kappa shape index (κ2) is 30.6. The third kappa shape index (κ3) is 91.4. The minimum atomic E-state index is -1.68. The Morgan fingerprint density at radius 3 is 0.435 bits per heavy atom. The zero-order chi connectivity index (χ0) is 37.7. The zero-order valence-electron chi connectivity index (χ0n) is 35.9. The van der Waals surface area contributed by atoms with Gasteiger partial charge in [-0.15, -0.1) is 0 Å². The van der Waals surface area contributed by atoms with Gasteiger partial charge in [-0.3, -0.25) is 0 Å². The molecule has 276 valence electrons. The summed E-state index contributed by atoms with van der Waals surface area (Å²) in [5.41, 5.74) is 0. The summed E-state index contributed by atoms with van der Waals surface area (Å²) in [4.78, 5) is 0. The van der Waals surface area contributed by atoms with Gasteiger partial charge < -0.3 is 39.4 Å². The summed E-state index contributed by atoms with van der Waals surface area (Å²) in [7, 11) is -3.44. The Balaban J connectivity index is -0.0000000649. The fourth-order valence-corrected chi connectivity index (χ4v) is 35.0. The maximum Gasteiger partial charge on any atom is 4.00 e. The van der Waals surface area contributed by atoms with Crippen LogP contribution in [0.15, 0.2) is 0 Å². The van der Waals surface area contributed by atoms with Crippen LogP contribution in [0, 0.1) is 0 Å². The molecule has 0 heterocycles. The molecule has 0 saturated carbocycles. The van der Waals surface area contributed by atoms with E-state index in [0.29, 0.717) is 0 Å². The summed E-state index contributed by atoms with van der Waals surface area (Å²) >= 11 is 0. The van der Waals surface area contributed by atoms with Gasteiger partial charge >= 0.3 is 51.7 Å². The normalized spacial score (nSPS) is 12.3. The molecule has 0 fully saturated rings. The van der Waals surface area contributed by atoms with Gasteiger partial charge in [0, 0.05) is 0 Å². The summed E-state index contributed by atoms with van der Waals surface area (Å²) in [5, 5.41) is 28.2. The Bertz CT molecular complexity index is 581. The Labute approximate surface area is 338 Å². The van der Waals surface area contributed by atoms with Gasteiger partial charge in [-0.05, 0) is 0 Å². The SMILES string of the molecule is C[N-]C.C[N-]C.C[Si](C)(C)[N-][Si](C)(C)C.C[Si](C)(C)[N-][Si](C)(C)C.C[Si](C)(C)[N-][Si](C)(C)C[O-].C[Si](C)(C)[N-][Si](C)(C)C[O-].[Hf+4].[Hf+4]. The molecular formula is C28H82Hf2N6O2Si8. The third-order valence-electron chi connectivity index (χ3n) is 3.32. The van der Waals surface area contributed by atoms with Crippen LogP contribution in [0.25, 0.3) is 29.2 Å². The van der Waals surface area contributed by atoms with Crippen molar-refractivity contribution in [1.82, 2.24) is 0 Å². The van der Waals surface area contributed by atoms with Gasteiger partial charge in [0.15, 0.2) is 0 Å². The first-order valence-corrected chi connectivity index (χ1v) is 42.9. The second-order valence-electron chi connectivity index (χ2n) is 18.3. The van der Waals surface area contributed by atoms with Gasteiger partial charge in [0.1, 0.15) is 0 Å². The summed E-state index contributed by atoms with van der Waals surface area (Å²) in [5.74, 6) is 0. The molecule has 8 nitrogen and oxygen atoms in total. The molecule has 0 saturated heterocycles. The predicted octanol–water partition coefficient (Wildman–Crippen LogP) is 9.89. The molecule has 0 amide bonds. The largest absolute Gasteiger partial charge is 4.00 e. The molecule has 0 aromatic rings. The van der Waals surface area contributed by atoms with Gasteiger partial charge in [-0.2, -0.15) is 40.7 Å². The molecule has 0 rings (SSSR count). The molecule has 0 bridgehead atoms. The van der Waals surface area contributed by atoms with Crippen molar-refractivity contribution in [3.63, 3.8) is 0 Å². The van der Waals surface area contributed by atoms with E-state index in [-0.39, 0.29) is 64.1 Å². The molecular weight excluding hydrogens is 1030 g/mol. The van der Waals surface area contributed by atoms with E-state index in [1.165, 1.54) is 0 Å². The number of hydrogen-bond acceptors (Lipinski definition) is 2. The fraction of sp³-hybridized carbons (Fsp3) is 1.00. The Hall–Kier alpha value is 3.16. The van der Waals surface area contributed by atoms with E-state index >= 15 is 0 Å². The number of hydrogen-bond donors (Lipinski definition) is 0. The second-order valence-corrected chi connectivity index (χ2v) is 55.7. The van der Waals surface area contributed by atoms with Crippen molar-refractivity contribution in [2.24, 2.45) is 0 Å². The van der Waals surface area contributed by atoms with E-state index in [1.807, 2.05) is 26.2 Å². The Morgan fingerprint density at radius 1 is 0.304 bits per heavy atom. The molecule has 0 aromatic heterocycles. The van der Waals surface area contributed by atoms with Gasteiger partial charge in [0.05, 0.1) is 0 Å². The van der Waals surface area contributed by atoms with E-state index < -0.39 is 65.9 Å². The van der Waals surface area contributed by atoms with Crippen molar-refractivity contribution in [2.75, 3.05) is 40.7 Å². The first kappa shape index (κ1) is 67.3. The third-order valence-corrected chi connectivity index (χ3v) is 25.7. The number of nitrogens with zero attached hydrogens (tertiary/aromatic N) is 6. The molecule has 0 aliphatic carbocycles. The molecule has 0 aliphatic rings. The molecule has 0 atom stereocenters. The minimum Gasteiger partial charge on any atom is -0.858 e. The zero-order valence-corrected chi connectivity index (χ0v) is 51.1. The van der Waals surface area contributed by atoms with Crippen molar-refractivity contribution >= 4 is 65.9 Å². The summed E-state index contributed by atoms with van der Waals surface area (Å²) in [6.07, 6.45) is 0.0779. The van der Waals surface area contributed by atoms with E-state index in [4.69, 9.17) is 9.30 Å². The molecule has 0 N–H and O–H groups in total. The molecule has 0 spiro atoms. The van der Waals surface area contributed by atoms with E-state index in [9.17, 15) is 10.2 Å². The molecule has 46 heavy (non-hydrogen) atoms. The summed E-state index contributed by atoms with van der Waals surface area (Å²) in [6, 6.07) is 0. The monoisotopic (exact) mass is 1120 g/mol. The molecule has 18 heteroatoms. The Kier molecular flexibility index (Phi) is 44.8. The average Bonchev–Trinajstić information content (AvgIpc) is 2.61. The average molecular weight is 1120 g/mol. The first-order chi connectivity index (χ1) is 18.8. The van der Waals surface area contributed by atoms with Crippen molar-refractivity contribution in [3.8, 4) is 0 Å². The smallest absolute Gasteiger partial charge is 0.858 e. The van der Waals surface area contributed by atoms with Crippen LogP contribution < -0.4 is 10.2 Å². The van der Waals surface area contributed by atoms with Gasteiger partial charge in [0.25, 0.3) is 0 Å². The summed E-state index contributed by atoms with van der Waals surface area (Å²) < 4.78 is 18.9. The van der Waals surface area contributed by atoms with Crippen molar-refractivity contribution in [3.05, 3.63) is 29.2 Å². The van der Waals surface area contributed by atoms with Crippen molar-refractivity contribution < 1.29 is 61.9 Å². The quantitative estimate of drug-likeness (QED) is 0.202. The van der Waals surface area contributed by atoms with Gasteiger partial charge in [-0.1, -0.05) is 210 Å². The molecule has 0 aliphatic heterocycles. The van der Waals surface area contributed by atoms with Crippen molar-refractivity contribution in [1.29, 1.82) is 0 Å². The maximum atomic E-state index is 10.6. The summed E-state index contributed by atoms with van der Waals surface area (Å²) in [6.45, 7) is 48.8. The van der Waals surface area contributed by atoms with Crippen LogP contribution in [-0.2, 0) is 51.7 Å². The van der Waals surface area contributed by atoms with E-state index in [1.54, 1.807) is 28.2 Å². The molecule has 0 unspecified atom stereocenters. The number of rotatable bonds is 10. The standard InChI is InChI=1S/2C6H17NOSi2.2C6H18NSi2.2C2H6N.2Hf/c2*1-9(2,3)7-10(4,5)6-8;2*1-8(2,3)7-9(4,5)6;2*1-3-2;;/h2*6H2,1-5H3;2*1-6H3;2*1-2H3;;/q2*-2;4*-1;2*+4. The van der Waals surface area contributed by atoms with Crippen LogP contribution in [0.3, 0.4) is 0 Å². The molecule has 0 aromatic carbocycles. The van der Waals surface area contributed by atoms with E-state index in [2.05, 4.69) is 138 Å². The van der Waals surface area contributed by atoms with Crippen LogP contribution in [0.1, 0.15) is 0 Å². The van der Waals surface area contributed by atoms with Gasteiger partial charge in [0.2, 0.25) is 0 Å². The maximum absolute atomic E-state index is 10.6. The van der Waals surface area contributed by atoms with Crippen LogP contribution in [-0.4, -0.2) is 107 Å². The van der Waals surface area contributed by atoms with E-state index in [0.717, 1.165) is 0 Å². The van der Waals surface area contributed by atoms with Crippen molar-refractivity contribution in [2.45, 2.75) is 144 Å². The minimum absolute atomic E-state index is 0. The topological polar surface area (TPSA) is 131 Å². The van der Waals surface area contributed by atoms with Crippen LogP contribution in [0.2, 0.25) is 144 Å². The van der Waals surface area contributed by atoms with Gasteiger partial charge in [-0.25, -0.2) is 0 Å². The Morgan fingerprint density at radius 2 is 0.413 bits per heavy atom. The first-order valence-electron chi connectivity index (χ1n) is 15.9. The predicted molar refractivity (Wildman–Crippen MR) is 229 cm³/mol. The fourth-order valence-electron chi connectivity index (χ4n) is 3.89. The van der Waals surface area contributed by atoms with Crippen LogP contribution >= 0.6 is 0 Å².